The summed E-state index contributed by atoms with van der Waals surface area (Å²) >= 11 is 13.5. The molecule has 1 N–H and O–H groups in total. The van der Waals surface area contributed by atoms with Gasteiger partial charge in [0.15, 0.2) is 0 Å². The minimum Gasteiger partial charge on any atom is -0.480 e. The van der Waals surface area contributed by atoms with Gasteiger partial charge in [-0.3, -0.25) is 4.90 Å². The Hall–Kier alpha value is -1.89. The van der Waals surface area contributed by atoms with Crippen LogP contribution in [0.5, 0.6) is 0 Å². The molecular formula is C18H15Cl2NO4S. The fourth-order valence-corrected chi connectivity index (χ4v) is 4.68. The van der Waals surface area contributed by atoms with E-state index in [1.165, 1.54) is 16.7 Å². The molecule has 1 aliphatic heterocycles. The molecular weight excluding hydrogens is 397 g/mol. The molecule has 8 heteroatoms. The fourth-order valence-electron chi connectivity index (χ4n) is 2.65. The largest absolute Gasteiger partial charge is 0.480 e. The molecule has 1 saturated heterocycles. The molecule has 2 atom stereocenters. The molecule has 0 radical (unpaired) electrons. The molecule has 26 heavy (non-hydrogen) atoms. The van der Waals surface area contributed by atoms with Gasteiger partial charge in [-0.2, -0.15) is 0 Å². The monoisotopic (exact) mass is 411 g/mol. The normalized spacial score (nSPS) is 19.4. The van der Waals surface area contributed by atoms with Gasteiger partial charge in [0.1, 0.15) is 18.0 Å². The summed E-state index contributed by atoms with van der Waals surface area (Å²) in [5.74, 6) is -0.832. The highest BCUT2D eigenvalue weighted by Gasteiger charge is 2.44. The van der Waals surface area contributed by atoms with Crippen LogP contribution in [0.1, 0.15) is 16.5 Å². The first-order chi connectivity index (χ1) is 12.5. The third-order valence-corrected chi connectivity index (χ3v) is 5.80. The maximum atomic E-state index is 12.7. The molecule has 1 aliphatic rings. The summed E-state index contributed by atoms with van der Waals surface area (Å²) in [6, 6.07) is 13.1. The number of thioether (sulfide) groups is 1. The number of nitrogens with zero attached hydrogens (tertiary/aromatic N) is 1. The van der Waals surface area contributed by atoms with Crippen molar-refractivity contribution in [2.45, 2.75) is 18.0 Å². The van der Waals surface area contributed by atoms with Crippen LogP contribution < -0.4 is 0 Å². The van der Waals surface area contributed by atoms with Crippen molar-refractivity contribution < 1.29 is 19.4 Å². The first kappa shape index (κ1) is 18.9. The van der Waals surface area contributed by atoms with Crippen LogP contribution in [0.15, 0.2) is 48.5 Å². The van der Waals surface area contributed by atoms with Crippen LogP contribution in [0, 0.1) is 0 Å². The SMILES string of the molecule is O=C(O)[C@H]1CSC(c2ccc(Cl)cc2Cl)N1C(=O)OCc1ccccc1. The van der Waals surface area contributed by atoms with Crippen molar-refractivity contribution in [1.29, 1.82) is 0 Å². The van der Waals surface area contributed by atoms with Crippen LogP contribution >= 0.6 is 35.0 Å². The summed E-state index contributed by atoms with van der Waals surface area (Å²) in [5.41, 5.74) is 1.45. The molecule has 5 nitrogen and oxygen atoms in total. The summed E-state index contributed by atoms with van der Waals surface area (Å²) in [5, 5.41) is 9.77. The maximum absolute atomic E-state index is 12.7. The first-order valence-corrected chi connectivity index (χ1v) is 9.56. The number of rotatable bonds is 4. The number of benzene rings is 2. The van der Waals surface area contributed by atoms with E-state index in [9.17, 15) is 14.7 Å². The molecule has 2 aromatic carbocycles. The van der Waals surface area contributed by atoms with Crippen molar-refractivity contribution in [3.63, 3.8) is 0 Å². The molecule has 0 aromatic heterocycles. The molecule has 0 aliphatic carbocycles. The molecule has 136 valence electrons. The number of carboxylic acid groups (broad SMARTS) is 1. The van der Waals surface area contributed by atoms with Crippen molar-refractivity contribution in [3.8, 4) is 0 Å². The standard InChI is InChI=1S/C18H15Cl2NO4S/c19-12-6-7-13(14(20)8-12)16-21(15(10-26-16)17(22)23)18(24)25-9-11-4-2-1-3-5-11/h1-8,15-16H,9-10H2,(H,22,23)/t15-,16?/m1/s1. The van der Waals surface area contributed by atoms with Crippen molar-refractivity contribution in [1.82, 2.24) is 4.90 Å². The lowest BCUT2D eigenvalue weighted by Crippen LogP contribution is -2.43. The van der Waals surface area contributed by atoms with Crippen molar-refractivity contribution in [2.75, 3.05) is 5.75 Å². The lowest BCUT2D eigenvalue weighted by atomic mass is 10.2. The van der Waals surface area contributed by atoms with Gasteiger partial charge in [-0.15, -0.1) is 11.8 Å². The van der Waals surface area contributed by atoms with Gasteiger partial charge in [0.05, 0.1) is 0 Å². The van der Waals surface area contributed by atoms with Gasteiger partial charge < -0.3 is 9.84 Å². The Morgan fingerprint density at radius 1 is 1.19 bits per heavy atom. The lowest BCUT2D eigenvalue weighted by Gasteiger charge is -2.27. The minimum absolute atomic E-state index is 0.0637. The van der Waals surface area contributed by atoms with E-state index in [1.807, 2.05) is 30.3 Å². The Kier molecular flexibility index (Phi) is 5.96. The zero-order valence-electron chi connectivity index (χ0n) is 13.5. The second-order valence-electron chi connectivity index (χ2n) is 5.65. The summed E-state index contributed by atoms with van der Waals surface area (Å²) in [4.78, 5) is 25.5. The predicted octanol–water partition coefficient (Wildman–Crippen LogP) is 4.83. The highest BCUT2D eigenvalue weighted by atomic mass is 35.5. The molecule has 2 aromatic rings. The Morgan fingerprint density at radius 2 is 1.92 bits per heavy atom. The first-order valence-electron chi connectivity index (χ1n) is 7.75. The van der Waals surface area contributed by atoms with Crippen LogP contribution in [0.4, 0.5) is 4.79 Å². The van der Waals surface area contributed by atoms with E-state index >= 15 is 0 Å². The zero-order valence-corrected chi connectivity index (χ0v) is 15.8. The van der Waals surface area contributed by atoms with E-state index in [2.05, 4.69) is 0 Å². The van der Waals surface area contributed by atoms with Crippen molar-refractivity contribution in [2.24, 2.45) is 0 Å². The van der Waals surface area contributed by atoms with E-state index in [0.717, 1.165) is 5.56 Å². The Bertz CT molecular complexity index is 818. The molecule has 0 spiro atoms. The molecule has 1 amide bonds. The molecule has 0 saturated carbocycles. The van der Waals surface area contributed by atoms with Crippen molar-refractivity contribution >= 4 is 47.0 Å². The summed E-state index contributed by atoms with van der Waals surface area (Å²) in [6.07, 6.45) is -0.692. The quantitative estimate of drug-likeness (QED) is 0.779. The Labute approximate surface area is 164 Å². The average Bonchev–Trinajstić information content (AvgIpc) is 3.05. The van der Waals surface area contributed by atoms with E-state index in [1.54, 1.807) is 18.2 Å². The minimum atomic E-state index is -1.08. The van der Waals surface area contributed by atoms with Gasteiger partial charge in [-0.05, 0) is 17.7 Å². The zero-order chi connectivity index (χ0) is 18.7. The number of hydrogen-bond acceptors (Lipinski definition) is 4. The smallest absolute Gasteiger partial charge is 0.412 e. The fraction of sp³-hybridized carbons (Fsp3) is 0.222. The van der Waals surface area contributed by atoms with E-state index in [-0.39, 0.29) is 12.4 Å². The van der Waals surface area contributed by atoms with E-state index in [4.69, 9.17) is 27.9 Å². The number of ether oxygens (including phenoxy) is 1. The number of halogens is 2. The molecule has 1 fully saturated rings. The number of amides is 1. The number of aliphatic carboxylic acids is 1. The third-order valence-electron chi connectivity index (χ3n) is 3.93. The van der Waals surface area contributed by atoms with Gasteiger partial charge >= 0.3 is 12.1 Å². The van der Waals surface area contributed by atoms with Crippen molar-refractivity contribution in [3.05, 3.63) is 69.7 Å². The van der Waals surface area contributed by atoms with Gasteiger partial charge in [-0.1, -0.05) is 59.6 Å². The molecule has 1 heterocycles. The second kappa shape index (κ2) is 8.20. The van der Waals surface area contributed by atoms with Crippen LogP contribution in [0.3, 0.4) is 0 Å². The van der Waals surface area contributed by atoms with Gasteiger partial charge in [0.2, 0.25) is 0 Å². The summed E-state index contributed by atoms with van der Waals surface area (Å²) < 4.78 is 5.35. The Balaban J connectivity index is 1.83. The lowest BCUT2D eigenvalue weighted by molar-refractivity contribution is -0.141. The van der Waals surface area contributed by atoms with Crippen LogP contribution in [-0.4, -0.2) is 33.9 Å². The maximum Gasteiger partial charge on any atom is 0.412 e. The number of carbonyl (C=O) groups excluding carboxylic acids is 1. The second-order valence-corrected chi connectivity index (χ2v) is 7.61. The topological polar surface area (TPSA) is 66.8 Å². The number of carboxylic acids is 1. The molecule has 0 bridgehead atoms. The van der Waals surface area contributed by atoms with Crippen LogP contribution in [0.2, 0.25) is 10.0 Å². The van der Waals surface area contributed by atoms with Gasteiger partial charge in [0, 0.05) is 21.4 Å². The average molecular weight is 412 g/mol. The summed E-state index contributed by atoms with van der Waals surface area (Å²) in [6.45, 7) is 0.0637. The van der Waals surface area contributed by atoms with E-state index < -0.39 is 23.5 Å². The Morgan fingerprint density at radius 3 is 2.58 bits per heavy atom. The van der Waals surface area contributed by atoms with Gasteiger partial charge in [-0.25, -0.2) is 9.59 Å². The van der Waals surface area contributed by atoms with Crippen LogP contribution in [-0.2, 0) is 16.1 Å². The molecule has 1 unspecified atom stereocenters. The highest BCUT2D eigenvalue weighted by Crippen LogP contribution is 2.44. The number of hydrogen-bond donors (Lipinski definition) is 1. The van der Waals surface area contributed by atoms with E-state index in [0.29, 0.717) is 15.6 Å². The van der Waals surface area contributed by atoms with Gasteiger partial charge in [0.25, 0.3) is 0 Å². The van der Waals surface area contributed by atoms with Crippen LogP contribution in [0.25, 0.3) is 0 Å². The third kappa shape index (κ3) is 4.09. The predicted molar refractivity (Wildman–Crippen MR) is 102 cm³/mol. The summed E-state index contributed by atoms with van der Waals surface area (Å²) in [7, 11) is 0. The molecule has 3 rings (SSSR count). The highest BCUT2D eigenvalue weighted by molar-refractivity contribution is 7.99. The number of carbonyl (C=O) groups is 2.